The van der Waals surface area contributed by atoms with E-state index in [1.165, 1.54) is 16.5 Å². The molecule has 0 unspecified atom stereocenters. The van der Waals surface area contributed by atoms with Gasteiger partial charge in [-0.3, -0.25) is 0 Å². The molecule has 1 aromatic heterocycles. The first-order valence-corrected chi connectivity index (χ1v) is 9.87. The van der Waals surface area contributed by atoms with Crippen molar-refractivity contribution in [3.63, 3.8) is 0 Å². The highest BCUT2D eigenvalue weighted by atomic mass is 35.5. The number of nitrogens with one attached hydrogen (secondary N) is 1. The minimum Gasteiger partial charge on any atom is -0.354 e. The van der Waals surface area contributed by atoms with E-state index in [9.17, 15) is 0 Å². The smallest absolute Gasteiger partial charge is 0.0512 e. The molecule has 3 aromatic rings. The lowest BCUT2D eigenvalue weighted by atomic mass is 9.86. The van der Waals surface area contributed by atoms with Crippen LogP contribution in [0.5, 0.6) is 0 Å². The van der Waals surface area contributed by atoms with Crippen LogP contribution in [0.15, 0.2) is 36.4 Å². The zero-order chi connectivity index (χ0) is 18.9. The Morgan fingerprint density at radius 3 is 2.46 bits per heavy atom. The van der Waals surface area contributed by atoms with Crippen LogP contribution in [0.2, 0.25) is 10.0 Å². The van der Waals surface area contributed by atoms with Crippen molar-refractivity contribution < 1.29 is 0 Å². The molecule has 0 saturated heterocycles. The Bertz CT molecular complexity index is 920. The van der Waals surface area contributed by atoms with E-state index in [-0.39, 0.29) is 5.41 Å². The fraction of sp³-hybridized carbons (Fsp3) is 0.364. The summed E-state index contributed by atoms with van der Waals surface area (Å²) >= 11 is 12.7. The maximum Gasteiger partial charge on any atom is 0.0512 e. The summed E-state index contributed by atoms with van der Waals surface area (Å²) in [6.07, 6.45) is 3.02. The van der Waals surface area contributed by atoms with Crippen LogP contribution in [0.3, 0.4) is 0 Å². The highest BCUT2D eigenvalue weighted by Gasteiger charge is 2.19. The second-order valence-electron chi connectivity index (χ2n) is 7.86. The highest BCUT2D eigenvalue weighted by molar-refractivity contribution is 6.35. The van der Waals surface area contributed by atoms with Gasteiger partial charge in [0.05, 0.1) is 5.69 Å². The van der Waals surface area contributed by atoms with Crippen LogP contribution < -0.4 is 5.73 Å². The van der Waals surface area contributed by atoms with Crippen molar-refractivity contribution >= 4 is 34.1 Å². The molecule has 3 N–H and O–H groups in total. The zero-order valence-corrected chi connectivity index (χ0v) is 17.1. The van der Waals surface area contributed by atoms with E-state index in [4.69, 9.17) is 28.9 Å². The molecular weight excluding hydrogens is 363 g/mol. The number of aromatic nitrogens is 1. The van der Waals surface area contributed by atoms with Crippen LogP contribution in [-0.4, -0.2) is 11.5 Å². The average Bonchev–Trinajstić information content (AvgIpc) is 2.94. The molecule has 0 atom stereocenters. The Hall–Kier alpha value is -1.48. The minimum atomic E-state index is 0.105. The van der Waals surface area contributed by atoms with Crippen molar-refractivity contribution in [3.8, 4) is 11.3 Å². The number of aryl methyl sites for hydroxylation is 1. The Balaban J connectivity index is 2.21. The first-order valence-electron chi connectivity index (χ1n) is 9.12. The average molecular weight is 389 g/mol. The van der Waals surface area contributed by atoms with E-state index >= 15 is 0 Å². The quantitative estimate of drug-likeness (QED) is 0.467. The molecule has 26 heavy (non-hydrogen) atoms. The number of hydrogen-bond donors (Lipinski definition) is 2. The number of H-pyrrole nitrogens is 1. The van der Waals surface area contributed by atoms with E-state index in [1.54, 1.807) is 0 Å². The summed E-state index contributed by atoms with van der Waals surface area (Å²) in [7, 11) is 0. The predicted molar refractivity (Wildman–Crippen MR) is 114 cm³/mol. The molecule has 2 aromatic carbocycles. The molecule has 0 aliphatic rings. The van der Waals surface area contributed by atoms with Crippen LogP contribution in [0.1, 0.15) is 44.7 Å². The van der Waals surface area contributed by atoms with Crippen LogP contribution >= 0.6 is 23.2 Å². The van der Waals surface area contributed by atoms with Crippen LogP contribution in [-0.2, 0) is 11.8 Å². The first-order chi connectivity index (χ1) is 12.3. The number of aromatic amines is 1. The monoisotopic (exact) mass is 388 g/mol. The predicted octanol–water partition coefficient (Wildman–Crippen LogP) is 6.72. The molecule has 0 spiro atoms. The molecular formula is C22H26Cl2N2. The number of rotatable bonds is 5. The molecule has 0 aliphatic heterocycles. The van der Waals surface area contributed by atoms with Gasteiger partial charge in [-0.05, 0) is 72.7 Å². The van der Waals surface area contributed by atoms with Gasteiger partial charge >= 0.3 is 0 Å². The molecule has 138 valence electrons. The molecule has 0 bridgehead atoms. The standard InChI is InChI=1S/C22H26Cl2N2/c1-22(2,3)14-7-10-20-17(12-14)16(6-4-5-11-25)21(26-20)18-13-15(23)8-9-19(18)24/h7-10,12-13,26H,4-6,11,25H2,1-3H3. The van der Waals surface area contributed by atoms with Crippen molar-refractivity contribution in [2.75, 3.05) is 6.54 Å². The van der Waals surface area contributed by atoms with E-state index in [0.717, 1.165) is 36.0 Å². The number of hydrogen-bond acceptors (Lipinski definition) is 1. The maximum absolute atomic E-state index is 6.50. The fourth-order valence-corrected chi connectivity index (χ4v) is 3.72. The van der Waals surface area contributed by atoms with Crippen LogP contribution in [0.4, 0.5) is 0 Å². The Morgan fingerprint density at radius 1 is 1.00 bits per heavy atom. The van der Waals surface area contributed by atoms with Gasteiger partial charge in [-0.25, -0.2) is 0 Å². The second-order valence-corrected chi connectivity index (χ2v) is 8.70. The maximum atomic E-state index is 6.50. The van der Waals surface area contributed by atoms with E-state index in [0.29, 0.717) is 16.6 Å². The van der Waals surface area contributed by atoms with Gasteiger partial charge in [-0.15, -0.1) is 0 Å². The normalized spacial score (nSPS) is 12.1. The highest BCUT2D eigenvalue weighted by Crippen LogP contribution is 2.38. The summed E-state index contributed by atoms with van der Waals surface area (Å²) in [5.41, 5.74) is 11.6. The number of nitrogens with two attached hydrogens (primary N) is 1. The van der Waals surface area contributed by atoms with Crippen molar-refractivity contribution in [2.45, 2.75) is 45.4 Å². The lowest BCUT2D eigenvalue weighted by molar-refractivity contribution is 0.591. The summed E-state index contributed by atoms with van der Waals surface area (Å²) < 4.78 is 0. The number of unbranched alkanes of at least 4 members (excludes halogenated alkanes) is 1. The molecule has 0 amide bonds. The van der Waals surface area contributed by atoms with Crippen LogP contribution in [0, 0.1) is 0 Å². The van der Waals surface area contributed by atoms with Gasteiger partial charge in [0, 0.05) is 26.5 Å². The minimum absolute atomic E-state index is 0.105. The van der Waals surface area contributed by atoms with Gasteiger partial charge in [0.15, 0.2) is 0 Å². The largest absolute Gasteiger partial charge is 0.354 e. The SMILES string of the molecule is CC(C)(C)c1ccc2[nH]c(-c3cc(Cl)ccc3Cl)c(CCCCN)c2c1. The third kappa shape index (κ3) is 3.93. The molecule has 4 heteroatoms. The fourth-order valence-electron chi connectivity index (χ4n) is 3.34. The Labute approximate surface area is 165 Å². The van der Waals surface area contributed by atoms with Gasteiger partial charge in [0.2, 0.25) is 0 Å². The molecule has 0 radical (unpaired) electrons. The van der Waals surface area contributed by atoms with Gasteiger partial charge in [-0.1, -0.05) is 50.0 Å². The zero-order valence-electron chi connectivity index (χ0n) is 15.6. The topological polar surface area (TPSA) is 41.8 Å². The summed E-state index contributed by atoms with van der Waals surface area (Å²) in [4.78, 5) is 3.58. The molecule has 0 saturated carbocycles. The molecule has 1 heterocycles. The number of halogens is 2. The van der Waals surface area contributed by atoms with Crippen molar-refractivity contribution in [3.05, 3.63) is 57.6 Å². The van der Waals surface area contributed by atoms with Crippen molar-refractivity contribution in [2.24, 2.45) is 5.73 Å². The van der Waals surface area contributed by atoms with Gasteiger partial charge < -0.3 is 10.7 Å². The lowest BCUT2D eigenvalue weighted by Gasteiger charge is -2.19. The van der Waals surface area contributed by atoms with Crippen molar-refractivity contribution in [1.29, 1.82) is 0 Å². The van der Waals surface area contributed by atoms with Gasteiger partial charge in [-0.2, -0.15) is 0 Å². The van der Waals surface area contributed by atoms with Crippen LogP contribution in [0.25, 0.3) is 22.2 Å². The summed E-state index contributed by atoms with van der Waals surface area (Å²) in [5.74, 6) is 0. The van der Waals surface area contributed by atoms with Gasteiger partial charge in [0.25, 0.3) is 0 Å². The lowest BCUT2D eigenvalue weighted by Crippen LogP contribution is -2.10. The Kier molecular flexibility index (Phi) is 5.67. The number of benzene rings is 2. The third-order valence-corrected chi connectivity index (χ3v) is 5.42. The number of fused-ring (bicyclic) bond motifs is 1. The third-order valence-electron chi connectivity index (χ3n) is 4.85. The molecule has 2 nitrogen and oxygen atoms in total. The summed E-state index contributed by atoms with van der Waals surface area (Å²) in [5, 5.41) is 2.66. The van der Waals surface area contributed by atoms with Crippen molar-refractivity contribution in [1.82, 2.24) is 4.98 Å². The summed E-state index contributed by atoms with van der Waals surface area (Å²) in [6.45, 7) is 7.43. The second kappa shape index (κ2) is 7.64. The van der Waals surface area contributed by atoms with E-state index in [2.05, 4.69) is 44.0 Å². The first kappa shape index (κ1) is 19.3. The molecule has 0 fully saturated rings. The van der Waals surface area contributed by atoms with E-state index < -0.39 is 0 Å². The Morgan fingerprint density at radius 2 is 1.77 bits per heavy atom. The summed E-state index contributed by atoms with van der Waals surface area (Å²) in [6, 6.07) is 12.3. The van der Waals surface area contributed by atoms with E-state index in [1.807, 2.05) is 18.2 Å². The molecule has 3 rings (SSSR count). The molecule has 0 aliphatic carbocycles. The van der Waals surface area contributed by atoms with Gasteiger partial charge in [0.1, 0.15) is 0 Å².